The van der Waals surface area contributed by atoms with Gasteiger partial charge in [-0.2, -0.15) is 0 Å². The van der Waals surface area contributed by atoms with Crippen molar-refractivity contribution in [3.05, 3.63) is 12.7 Å². The third-order valence-corrected chi connectivity index (χ3v) is 1.29. The van der Waals surface area contributed by atoms with Gasteiger partial charge >= 0.3 is 11.9 Å². The number of hydrogen-bond acceptors (Lipinski definition) is 3. The SMILES string of the molecule is C=CCCOC(=O)C(C)C(=O)O. The molecule has 0 bridgehead atoms. The van der Waals surface area contributed by atoms with Crippen molar-refractivity contribution in [2.45, 2.75) is 13.3 Å². The van der Waals surface area contributed by atoms with Crippen LogP contribution in [0.4, 0.5) is 0 Å². The van der Waals surface area contributed by atoms with E-state index in [1.807, 2.05) is 0 Å². The summed E-state index contributed by atoms with van der Waals surface area (Å²) in [5, 5.41) is 8.39. The van der Waals surface area contributed by atoms with E-state index in [0.29, 0.717) is 6.42 Å². The zero-order valence-electron chi connectivity index (χ0n) is 6.95. The number of ether oxygens (including phenoxy) is 1. The van der Waals surface area contributed by atoms with Crippen molar-refractivity contribution in [2.24, 2.45) is 5.92 Å². The van der Waals surface area contributed by atoms with Gasteiger partial charge < -0.3 is 9.84 Å². The molecule has 68 valence electrons. The fraction of sp³-hybridized carbons (Fsp3) is 0.500. The Hall–Kier alpha value is -1.32. The standard InChI is InChI=1S/C8H12O4/c1-3-4-5-12-8(11)6(2)7(9)10/h3,6H,1,4-5H2,2H3,(H,9,10). The third kappa shape index (κ3) is 3.75. The summed E-state index contributed by atoms with van der Waals surface area (Å²) in [6.45, 7) is 4.91. The molecule has 0 aliphatic carbocycles. The minimum Gasteiger partial charge on any atom is -0.481 e. The van der Waals surface area contributed by atoms with Gasteiger partial charge in [-0.1, -0.05) is 6.08 Å². The molecule has 0 aromatic carbocycles. The van der Waals surface area contributed by atoms with Crippen LogP contribution in [0.5, 0.6) is 0 Å². The quantitative estimate of drug-likeness (QED) is 0.288. The third-order valence-electron chi connectivity index (χ3n) is 1.29. The van der Waals surface area contributed by atoms with Crippen LogP contribution in [0.1, 0.15) is 13.3 Å². The number of carboxylic acid groups (broad SMARTS) is 1. The zero-order chi connectivity index (χ0) is 9.56. The summed E-state index contributed by atoms with van der Waals surface area (Å²) in [4.78, 5) is 21.1. The monoisotopic (exact) mass is 172 g/mol. The smallest absolute Gasteiger partial charge is 0.320 e. The average molecular weight is 172 g/mol. The first-order chi connectivity index (χ1) is 5.59. The summed E-state index contributed by atoms with van der Waals surface area (Å²) in [7, 11) is 0. The van der Waals surface area contributed by atoms with E-state index in [-0.39, 0.29) is 6.61 Å². The Morgan fingerprint density at radius 2 is 2.25 bits per heavy atom. The number of carbonyl (C=O) groups excluding carboxylic acids is 1. The van der Waals surface area contributed by atoms with Crippen molar-refractivity contribution in [3.63, 3.8) is 0 Å². The lowest BCUT2D eigenvalue weighted by molar-refractivity contribution is -0.157. The lowest BCUT2D eigenvalue weighted by Crippen LogP contribution is -2.23. The van der Waals surface area contributed by atoms with Crippen LogP contribution in [0.2, 0.25) is 0 Å². The fourth-order valence-corrected chi connectivity index (χ4v) is 0.469. The summed E-state index contributed by atoms with van der Waals surface area (Å²) < 4.78 is 4.61. The molecule has 4 nitrogen and oxygen atoms in total. The average Bonchev–Trinajstić information content (AvgIpc) is 2.03. The number of carboxylic acids is 1. The van der Waals surface area contributed by atoms with Crippen LogP contribution in [-0.4, -0.2) is 23.7 Å². The maximum atomic E-state index is 10.8. The molecule has 0 heterocycles. The summed E-state index contributed by atoms with van der Waals surface area (Å²) in [6, 6.07) is 0. The second-order valence-corrected chi connectivity index (χ2v) is 2.30. The number of rotatable bonds is 5. The van der Waals surface area contributed by atoms with Gasteiger partial charge in [0.2, 0.25) is 0 Å². The van der Waals surface area contributed by atoms with E-state index in [0.717, 1.165) is 0 Å². The molecule has 1 unspecified atom stereocenters. The largest absolute Gasteiger partial charge is 0.481 e. The Bertz CT molecular complexity index is 185. The maximum absolute atomic E-state index is 10.8. The fourth-order valence-electron chi connectivity index (χ4n) is 0.469. The number of carbonyl (C=O) groups is 2. The van der Waals surface area contributed by atoms with E-state index >= 15 is 0 Å². The highest BCUT2D eigenvalue weighted by molar-refractivity contribution is 5.93. The summed E-state index contributed by atoms with van der Waals surface area (Å²) in [5.74, 6) is -2.96. The van der Waals surface area contributed by atoms with Gasteiger partial charge in [-0.15, -0.1) is 6.58 Å². The van der Waals surface area contributed by atoms with E-state index < -0.39 is 17.9 Å². The summed E-state index contributed by atoms with van der Waals surface area (Å²) >= 11 is 0. The Morgan fingerprint density at radius 3 is 2.67 bits per heavy atom. The van der Waals surface area contributed by atoms with E-state index in [9.17, 15) is 9.59 Å². The molecule has 0 aromatic rings. The Balaban J connectivity index is 3.71. The van der Waals surface area contributed by atoms with Gasteiger partial charge in [0.15, 0.2) is 5.92 Å². The van der Waals surface area contributed by atoms with Crippen LogP contribution in [0.25, 0.3) is 0 Å². The molecule has 0 spiro atoms. The molecule has 0 aromatic heterocycles. The highest BCUT2D eigenvalue weighted by Gasteiger charge is 2.21. The molecule has 0 saturated heterocycles. The van der Waals surface area contributed by atoms with Gasteiger partial charge in [0.1, 0.15) is 0 Å². The molecule has 0 rings (SSSR count). The van der Waals surface area contributed by atoms with Gasteiger partial charge in [0.25, 0.3) is 0 Å². The van der Waals surface area contributed by atoms with Gasteiger partial charge in [-0.25, -0.2) is 0 Å². The molecule has 0 saturated carbocycles. The maximum Gasteiger partial charge on any atom is 0.320 e. The molecule has 0 radical (unpaired) electrons. The van der Waals surface area contributed by atoms with Gasteiger partial charge in [-0.3, -0.25) is 9.59 Å². The van der Waals surface area contributed by atoms with Gasteiger partial charge in [-0.05, 0) is 13.3 Å². The van der Waals surface area contributed by atoms with Crippen LogP contribution in [0.15, 0.2) is 12.7 Å². The molecule has 4 heteroatoms. The topological polar surface area (TPSA) is 63.6 Å². The highest BCUT2D eigenvalue weighted by Crippen LogP contribution is 1.98. The first-order valence-electron chi connectivity index (χ1n) is 3.60. The Labute approximate surface area is 70.8 Å². The normalized spacial score (nSPS) is 11.8. The van der Waals surface area contributed by atoms with Crippen molar-refractivity contribution in [2.75, 3.05) is 6.61 Å². The van der Waals surface area contributed by atoms with Crippen molar-refractivity contribution >= 4 is 11.9 Å². The van der Waals surface area contributed by atoms with Crippen molar-refractivity contribution < 1.29 is 19.4 Å². The minimum atomic E-state index is -1.17. The van der Waals surface area contributed by atoms with Crippen LogP contribution in [-0.2, 0) is 14.3 Å². The predicted octanol–water partition coefficient (Wildman–Crippen LogP) is 0.826. The second kappa shape index (κ2) is 5.35. The molecule has 12 heavy (non-hydrogen) atoms. The molecule has 0 amide bonds. The number of esters is 1. The molecule has 0 aliphatic rings. The Kier molecular flexibility index (Phi) is 4.76. The van der Waals surface area contributed by atoms with E-state index in [2.05, 4.69) is 11.3 Å². The van der Waals surface area contributed by atoms with Crippen LogP contribution < -0.4 is 0 Å². The summed E-state index contributed by atoms with van der Waals surface area (Å²) in [6.07, 6.45) is 2.14. The lowest BCUT2D eigenvalue weighted by atomic mass is 10.2. The van der Waals surface area contributed by atoms with Crippen molar-refractivity contribution in [3.8, 4) is 0 Å². The molecule has 0 fully saturated rings. The molecular formula is C8H12O4. The van der Waals surface area contributed by atoms with Crippen molar-refractivity contribution in [1.29, 1.82) is 0 Å². The molecule has 1 N–H and O–H groups in total. The van der Waals surface area contributed by atoms with Gasteiger partial charge in [0, 0.05) is 0 Å². The van der Waals surface area contributed by atoms with E-state index in [1.165, 1.54) is 6.92 Å². The van der Waals surface area contributed by atoms with Gasteiger partial charge in [0.05, 0.1) is 6.61 Å². The highest BCUT2D eigenvalue weighted by atomic mass is 16.5. The predicted molar refractivity (Wildman–Crippen MR) is 42.6 cm³/mol. The molecule has 1 atom stereocenters. The summed E-state index contributed by atoms with van der Waals surface area (Å²) in [5.41, 5.74) is 0. The molecular weight excluding hydrogens is 160 g/mol. The first kappa shape index (κ1) is 10.7. The number of hydrogen-bond donors (Lipinski definition) is 1. The molecule has 0 aliphatic heterocycles. The van der Waals surface area contributed by atoms with E-state index in [1.54, 1.807) is 6.08 Å². The van der Waals surface area contributed by atoms with Crippen molar-refractivity contribution in [1.82, 2.24) is 0 Å². The first-order valence-corrected chi connectivity index (χ1v) is 3.60. The van der Waals surface area contributed by atoms with Crippen LogP contribution in [0.3, 0.4) is 0 Å². The van der Waals surface area contributed by atoms with E-state index in [4.69, 9.17) is 5.11 Å². The lowest BCUT2D eigenvalue weighted by Gasteiger charge is -2.05. The van der Waals surface area contributed by atoms with Crippen LogP contribution >= 0.6 is 0 Å². The second-order valence-electron chi connectivity index (χ2n) is 2.30. The Morgan fingerprint density at radius 1 is 1.67 bits per heavy atom. The van der Waals surface area contributed by atoms with Crippen LogP contribution in [0, 0.1) is 5.92 Å². The zero-order valence-corrected chi connectivity index (χ0v) is 6.95. The minimum absolute atomic E-state index is 0.194. The number of aliphatic carboxylic acids is 1.